The number of rotatable bonds is 5. The van der Waals surface area contributed by atoms with E-state index in [4.69, 9.17) is 9.72 Å². The molecule has 5 aromatic rings. The van der Waals surface area contributed by atoms with Crippen LogP contribution in [0.5, 0.6) is 11.6 Å². The molecule has 0 aromatic carbocycles. The van der Waals surface area contributed by atoms with E-state index in [-0.39, 0.29) is 0 Å². The first-order chi connectivity index (χ1) is 16.1. The molecule has 0 aliphatic rings. The molecule has 0 fully saturated rings. The third kappa shape index (κ3) is 3.78. The van der Waals surface area contributed by atoms with Crippen molar-refractivity contribution in [1.29, 1.82) is 5.26 Å². The van der Waals surface area contributed by atoms with Crippen molar-refractivity contribution in [3.8, 4) is 34.8 Å². The number of nitriles is 1. The van der Waals surface area contributed by atoms with Crippen LogP contribution >= 0.6 is 0 Å². The molecule has 0 spiro atoms. The molecule has 5 aromatic heterocycles. The summed E-state index contributed by atoms with van der Waals surface area (Å²) in [6, 6.07) is 15.3. The van der Waals surface area contributed by atoms with Gasteiger partial charge in [-0.15, -0.1) is 5.10 Å². The molecule has 5 heterocycles. The van der Waals surface area contributed by atoms with Gasteiger partial charge in [-0.3, -0.25) is 0 Å². The predicted octanol–water partition coefficient (Wildman–Crippen LogP) is 4.22. The van der Waals surface area contributed by atoms with E-state index in [9.17, 15) is 5.26 Å². The molecule has 0 saturated carbocycles. The fourth-order valence-corrected chi connectivity index (χ4v) is 3.61. The van der Waals surface area contributed by atoms with Crippen LogP contribution in [0.2, 0.25) is 0 Å². The van der Waals surface area contributed by atoms with Crippen molar-refractivity contribution in [2.75, 3.05) is 0 Å². The minimum absolute atomic E-state index is 0.414. The Bertz CT molecular complexity index is 1510. The molecule has 0 radical (unpaired) electrons. The molecule has 5 rings (SSSR count). The summed E-state index contributed by atoms with van der Waals surface area (Å²) in [4.78, 5) is 4.87. The number of aryl methyl sites for hydroxylation is 3. The van der Waals surface area contributed by atoms with E-state index in [2.05, 4.69) is 33.4 Å². The molecule has 9 nitrogen and oxygen atoms in total. The summed E-state index contributed by atoms with van der Waals surface area (Å²) in [5, 5.41) is 26.5. The Balaban J connectivity index is 1.54. The zero-order valence-electron chi connectivity index (χ0n) is 18.4. The highest BCUT2D eigenvalue weighted by molar-refractivity contribution is 5.78. The fourth-order valence-electron chi connectivity index (χ4n) is 3.61. The van der Waals surface area contributed by atoms with Gasteiger partial charge in [-0.05, 0) is 56.2 Å². The number of fused-ring (bicyclic) bond motifs is 1. The zero-order chi connectivity index (χ0) is 22.9. The lowest BCUT2D eigenvalue weighted by atomic mass is 10.1. The van der Waals surface area contributed by atoms with Gasteiger partial charge in [0.1, 0.15) is 17.5 Å². The summed E-state index contributed by atoms with van der Waals surface area (Å²) < 4.78 is 9.14. The van der Waals surface area contributed by atoms with E-state index < -0.39 is 0 Å². The summed E-state index contributed by atoms with van der Waals surface area (Å²) in [5.74, 6) is 1.66. The van der Waals surface area contributed by atoms with Crippen LogP contribution in [-0.4, -0.2) is 34.6 Å². The van der Waals surface area contributed by atoms with Crippen LogP contribution in [0.1, 0.15) is 29.6 Å². The van der Waals surface area contributed by atoms with Gasteiger partial charge >= 0.3 is 0 Å². The molecule has 0 unspecified atom stereocenters. The van der Waals surface area contributed by atoms with Gasteiger partial charge in [-0.2, -0.15) is 20.6 Å². The highest BCUT2D eigenvalue weighted by Gasteiger charge is 2.16. The smallest absolute Gasteiger partial charge is 0.238 e. The Morgan fingerprint density at radius 1 is 1.03 bits per heavy atom. The Kier molecular flexibility index (Phi) is 5.03. The van der Waals surface area contributed by atoms with Crippen LogP contribution in [0.3, 0.4) is 0 Å². The van der Waals surface area contributed by atoms with Crippen molar-refractivity contribution in [2.45, 2.75) is 27.2 Å². The Morgan fingerprint density at radius 2 is 1.91 bits per heavy atom. The summed E-state index contributed by atoms with van der Waals surface area (Å²) in [6.45, 7) is 5.78. The third-order valence-electron chi connectivity index (χ3n) is 5.24. The molecule has 0 amide bonds. The molecule has 0 saturated heterocycles. The van der Waals surface area contributed by atoms with Gasteiger partial charge in [0, 0.05) is 11.6 Å². The number of hydrogen-bond donors (Lipinski definition) is 0. The number of ether oxygens (including phenoxy) is 1. The molecule has 33 heavy (non-hydrogen) atoms. The fraction of sp³-hybridized carbons (Fsp3) is 0.167. The van der Waals surface area contributed by atoms with E-state index in [1.54, 1.807) is 33.7 Å². The van der Waals surface area contributed by atoms with Gasteiger partial charge in [-0.25, -0.2) is 14.2 Å². The SMILES string of the molecule is CCc1ccc(-c2cnn3cc(Oc4ccc(C)nn4)ccc23)nc1-n1nc(C)cc1C#N. The van der Waals surface area contributed by atoms with Gasteiger partial charge in [-0.1, -0.05) is 13.0 Å². The lowest BCUT2D eigenvalue weighted by Gasteiger charge is -2.10. The average molecular weight is 436 g/mol. The second-order valence-corrected chi connectivity index (χ2v) is 7.60. The maximum atomic E-state index is 9.52. The van der Waals surface area contributed by atoms with Gasteiger partial charge in [0.15, 0.2) is 5.82 Å². The van der Waals surface area contributed by atoms with Crippen LogP contribution < -0.4 is 4.74 Å². The van der Waals surface area contributed by atoms with E-state index >= 15 is 0 Å². The number of hydrogen-bond acceptors (Lipinski definition) is 7. The maximum Gasteiger partial charge on any atom is 0.238 e. The predicted molar refractivity (Wildman–Crippen MR) is 121 cm³/mol. The molecule has 0 N–H and O–H groups in total. The highest BCUT2D eigenvalue weighted by Crippen LogP contribution is 2.28. The molecule has 9 heteroatoms. The molecular weight excluding hydrogens is 416 g/mol. The van der Waals surface area contributed by atoms with Crippen LogP contribution in [0.4, 0.5) is 0 Å². The number of nitrogens with zero attached hydrogens (tertiary/aromatic N) is 8. The molecular formula is C24H20N8O. The monoisotopic (exact) mass is 436 g/mol. The van der Waals surface area contributed by atoms with E-state index in [1.165, 1.54) is 0 Å². The standard InChI is InChI=1S/C24H20N8O/c1-4-17-6-8-21(27-24(17)32-18(12-25)11-16(3)30-32)20-13-26-31-14-19(7-9-22(20)31)33-23-10-5-15(2)28-29-23/h5-11,13-14H,4H2,1-3H3. The molecule has 0 bridgehead atoms. The third-order valence-corrected chi connectivity index (χ3v) is 5.24. The van der Waals surface area contributed by atoms with Gasteiger partial charge in [0.05, 0.1) is 35.0 Å². The van der Waals surface area contributed by atoms with Crippen LogP contribution in [-0.2, 0) is 6.42 Å². The molecule has 0 aliphatic carbocycles. The lowest BCUT2D eigenvalue weighted by Crippen LogP contribution is -2.07. The highest BCUT2D eigenvalue weighted by atomic mass is 16.5. The minimum atomic E-state index is 0.414. The largest absolute Gasteiger partial charge is 0.436 e. The van der Waals surface area contributed by atoms with Crippen molar-refractivity contribution in [3.05, 3.63) is 77.5 Å². The van der Waals surface area contributed by atoms with E-state index in [0.717, 1.165) is 40.1 Å². The summed E-state index contributed by atoms with van der Waals surface area (Å²) in [5.41, 5.74) is 5.52. The normalized spacial score (nSPS) is 11.0. The molecule has 162 valence electrons. The average Bonchev–Trinajstić information content (AvgIpc) is 3.43. The summed E-state index contributed by atoms with van der Waals surface area (Å²) >= 11 is 0. The first-order valence-corrected chi connectivity index (χ1v) is 10.5. The zero-order valence-corrected chi connectivity index (χ0v) is 18.4. The van der Waals surface area contributed by atoms with Crippen molar-refractivity contribution in [3.63, 3.8) is 0 Å². The summed E-state index contributed by atoms with van der Waals surface area (Å²) in [6.07, 6.45) is 4.32. The number of aromatic nitrogens is 7. The second-order valence-electron chi connectivity index (χ2n) is 7.60. The maximum absolute atomic E-state index is 9.52. The second kappa shape index (κ2) is 8.16. The molecule has 0 atom stereocenters. The first kappa shape index (κ1) is 20.3. The topological polar surface area (TPSA) is 107 Å². The molecule has 0 aliphatic heterocycles. The number of pyridine rings is 2. The van der Waals surface area contributed by atoms with Crippen LogP contribution in [0.25, 0.3) is 22.6 Å². The summed E-state index contributed by atoms with van der Waals surface area (Å²) in [7, 11) is 0. The lowest BCUT2D eigenvalue weighted by molar-refractivity contribution is 0.451. The Morgan fingerprint density at radius 3 is 2.67 bits per heavy atom. The van der Waals surface area contributed by atoms with Gasteiger partial charge in [0.25, 0.3) is 0 Å². The van der Waals surface area contributed by atoms with E-state index in [0.29, 0.717) is 23.1 Å². The van der Waals surface area contributed by atoms with Crippen LogP contribution in [0.15, 0.2) is 54.9 Å². The van der Waals surface area contributed by atoms with Gasteiger partial charge < -0.3 is 4.74 Å². The van der Waals surface area contributed by atoms with Crippen molar-refractivity contribution >= 4 is 5.52 Å². The van der Waals surface area contributed by atoms with Gasteiger partial charge in [0.2, 0.25) is 5.88 Å². The Labute approximate surface area is 189 Å². The van der Waals surface area contributed by atoms with Crippen LogP contribution in [0, 0.1) is 25.2 Å². The van der Waals surface area contributed by atoms with Crippen molar-refractivity contribution in [1.82, 2.24) is 34.6 Å². The quantitative estimate of drug-likeness (QED) is 0.406. The minimum Gasteiger partial charge on any atom is -0.436 e. The van der Waals surface area contributed by atoms with Crippen molar-refractivity contribution < 1.29 is 4.74 Å². The van der Waals surface area contributed by atoms with Crippen molar-refractivity contribution in [2.24, 2.45) is 0 Å². The van der Waals surface area contributed by atoms with E-state index in [1.807, 2.05) is 44.2 Å². The first-order valence-electron chi connectivity index (χ1n) is 10.5. The Hall–Kier alpha value is -4.58.